The molecule has 18 heavy (non-hydrogen) atoms. The van der Waals surface area contributed by atoms with E-state index in [4.69, 9.17) is 0 Å². The first-order valence-electron chi connectivity index (χ1n) is 5.58. The first kappa shape index (κ1) is 14.4. The zero-order valence-electron chi connectivity index (χ0n) is 9.87. The number of aromatic hydroxyl groups is 1. The van der Waals surface area contributed by atoms with Crippen molar-refractivity contribution in [3.8, 4) is 11.5 Å². The van der Waals surface area contributed by atoms with E-state index >= 15 is 0 Å². The van der Waals surface area contributed by atoms with Crippen LogP contribution in [0.15, 0.2) is 49.1 Å². The largest absolute Gasteiger partial charge is 1.00 e. The summed E-state index contributed by atoms with van der Waals surface area (Å²) in [6.45, 7) is 1.60. The molecule has 2 rings (SSSR count). The van der Waals surface area contributed by atoms with Crippen molar-refractivity contribution in [2.75, 3.05) is 0 Å². The van der Waals surface area contributed by atoms with E-state index < -0.39 is 0 Å². The van der Waals surface area contributed by atoms with E-state index in [1.807, 2.05) is 21.5 Å². The lowest BCUT2D eigenvalue weighted by atomic mass is 10.3. The van der Waals surface area contributed by atoms with Crippen LogP contribution >= 0.6 is 0 Å². The maximum atomic E-state index is 11.1. The Morgan fingerprint density at radius 3 is 2.22 bits per heavy atom. The number of pyridine rings is 2. The molecule has 0 aliphatic rings. The number of hydrogen-bond donors (Lipinski definition) is 1. The van der Waals surface area contributed by atoms with Gasteiger partial charge in [-0.3, -0.25) is 0 Å². The molecular weight excluding hydrogens is 296 g/mol. The fraction of sp³-hybridized carbons (Fsp3) is 0.231. The van der Waals surface area contributed by atoms with Gasteiger partial charge in [-0.2, -0.15) is 0 Å². The van der Waals surface area contributed by atoms with Crippen molar-refractivity contribution in [2.45, 2.75) is 19.5 Å². The van der Waals surface area contributed by atoms with Gasteiger partial charge >= 0.3 is 0 Å². The molecule has 5 heteroatoms. The van der Waals surface area contributed by atoms with Crippen LogP contribution in [0.1, 0.15) is 6.42 Å². The molecule has 4 nitrogen and oxygen atoms in total. The van der Waals surface area contributed by atoms with Gasteiger partial charge in [-0.05, 0) is 11.8 Å². The number of hydrogen-bond acceptors (Lipinski definition) is 2. The lowest BCUT2D eigenvalue weighted by Gasteiger charge is -2.02. The van der Waals surface area contributed by atoms with Gasteiger partial charge in [-0.25, -0.2) is 9.13 Å². The van der Waals surface area contributed by atoms with Gasteiger partial charge in [-0.1, -0.05) is 6.07 Å². The monoisotopic (exact) mass is 310 g/mol. The molecule has 0 saturated heterocycles. The zero-order chi connectivity index (χ0) is 12.1. The van der Waals surface area contributed by atoms with E-state index in [0.29, 0.717) is 0 Å². The van der Waals surface area contributed by atoms with Crippen molar-refractivity contribution in [3.63, 3.8) is 0 Å². The molecule has 0 amide bonds. The second-order valence-corrected chi connectivity index (χ2v) is 3.93. The normalized spacial score (nSPS) is 9.78. The molecule has 0 bridgehead atoms. The van der Waals surface area contributed by atoms with Crippen LogP contribution in [0.4, 0.5) is 0 Å². The standard InChI is InChI=1S/C13H14N2O2.BrH/c16-12-4-1-6-14(10-12)8-3-9-15-7-2-5-13(17)11-15;/h1-2,4-7,10-11H,3,8-9H2;1H. The highest BCUT2D eigenvalue weighted by molar-refractivity contribution is 5.09. The number of aryl methyl sites for hydroxylation is 2. The number of nitrogens with zero attached hydrogens (tertiary/aromatic N) is 2. The Bertz CT molecular complexity index is 460. The van der Waals surface area contributed by atoms with Crippen LogP contribution in [-0.4, -0.2) is 5.11 Å². The molecule has 2 heterocycles. The first-order valence-corrected chi connectivity index (χ1v) is 5.58. The van der Waals surface area contributed by atoms with Gasteiger partial charge in [0.2, 0.25) is 6.20 Å². The fourth-order valence-corrected chi connectivity index (χ4v) is 1.72. The van der Waals surface area contributed by atoms with E-state index in [0.717, 1.165) is 19.5 Å². The van der Waals surface area contributed by atoms with E-state index in [1.165, 1.54) is 0 Å². The van der Waals surface area contributed by atoms with Crippen LogP contribution in [0, 0.1) is 0 Å². The van der Waals surface area contributed by atoms with Crippen LogP contribution in [0.5, 0.6) is 11.5 Å². The summed E-state index contributed by atoms with van der Waals surface area (Å²) in [5.41, 5.74) is 0. The Balaban J connectivity index is 0.00000162. The summed E-state index contributed by atoms with van der Waals surface area (Å²) in [7, 11) is 0. The third kappa shape index (κ3) is 4.33. The van der Waals surface area contributed by atoms with Gasteiger partial charge in [0, 0.05) is 12.1 Å². The minimum absolute atomic E-state index is 0. The van der Waals surface area contributed by atoms with Gasteiger partial charge in [0.1, 0.15) is 0 Å². The van der Waals surface area contributed by atoms with Gasteiger partial charge < -0.3 is 27.2 Å². The summed E-state index contributed by atoms with van der Waals surface area (Å²) >= 11 is 0. The molecule has 0 unspecified atom stereocenters. The summed E-state index contributed by atoms with van der Waals surface area (Å²) in [6.07, 6.45) is 7.98. The van der Waals surface area contributed by atoms with Crippen molar-refractivity contribution in [2.24, 2.45) is 0 Å². The second-order valence-electron chi connectivity index (χ2n) is 3.93. The Kier molecular flexibility index (Phi) is 5.58. The van der Waals surface area contributed by atoms with Crippen LogP contribution in [0.25, 0.3) is 0 Å². The molecule has 96 valence electrons. The molecule has 0 spiro atoms. The third-order valence-electron chi connectivity index (χ3n) is 2.51. The molecule has 1 N–H and O–H groups in total. The Morgan fingerprint density at radius 1 is 1.00 bits per heavy atom. The highest BCUT2D eigenvalue weighted by Crippen LogP contribution is 2.00. The van der Waals surface area contributed by atoms with Crippen molar-refractivity contribution in [1.82, 2.24) is 0 Å². The van der Waals surface area contributed by atoms with Crippen LogP contribution in [-0.2, 0) is 13.1 Å². The number of rotatable bonds is 4. The van der Waals surface area contributed by atoms with Crippen molar-refractivity contribution in [3.05, 3.63) is 49.1 Å². The fourth-order valence-electron chi connectivity index (χ4n) is 1.72. The van der Waals surface area contributed by atoms with Crippen molar-refractivity contribution >= 4 is 0 Å². The number of halogens is 1. The highest BCUT2D eigenvalue weighted by atomic mass is 79.9. The van der Waals surface area contributed by atoms with Gasteiger partial charge in [0.15, 0.2) is 37.4 Å². The van der Waals surface area contributed by atoms with E-state index in [-0.39, 0.29) is 28.5 Å². The van der Waals surface area contributed by atoms with Crippen molar-refractivity contribution in [1.29, 1.82) is 0 Å². The third-order valence-corrected chi connectivity index (χ3v) is 2.51. The topological polar surface area (TPSA) is 51.0 Å². The molecule has 0 aliphatic carbocycles. The minimum atomic E-state index is 0. The first-order chi connectivity index (χ1) is 8.24. The molecule has 2 aromatic heterocycles. The zero-order valence-corrected chi connectivity index (χ0v) is 11.5. The smallest absolute Gasteiger partial charge is 0.210 e. The number of aromatic nitrogens is 2. The molecule has 0 aliphatic heterocycles. The maximum Gasteiger partial charge on any atom is 0.210 e. The van der Waals surface area contributed by atoms with Crippen LogP contribution in [0.2, 0.25) is 0 Å². The molecule has 0 radical (unpaired) electrons. The molecule has 0 aromatic carbocycles. The molecular formula is C13H15BrN2O2. The molecule has 0 saturated carbocycles. The SMILES string of the molecule is [Br-].[O-]c1ccc[n+](CCC[n+]2cccc(O)c2)c1. The maximum absolute atomic E-state index is 11.1. The lowest BCUT2D eigenvalue weighted by Crippen LogP contribution is -3.00. The Labute approximate surface area is 117 Å². The quantitative estimate of drug-likeness (QED) is 0.618. The predicted octanol–water partition coefficient (Wildman–Crippen LogP) is -2.86. The average molecular weight is 311 g/mol. The van der Waals surface area contributed by atoms with Crippen LogP contribution < -0.4 is 31.2 Å². The Hall–Kier alpha value is -1.62. The molecule has 2 aromatic rings. The Morgan fingerprint density at radius 2 is 1.61 bits per heavy atom. The second kappa shape index (κ2) is 6.96. The summed E-state index contributed by atoms with van der Waals surface area (Å²) in [6, 6.07) is 6.75. The van der Waals surface area contributed by atoms with Gasteiger partial charge in [-0.15, -0.1) is 0 Å². The van der Waals surface area contributed by atoms with E-state index in [1.54, 1.807) is 36.7 Å². The summed E-state index contributed by atoms with van der Waals surface area (Å²) < 4.78 is 3.81. The van der Waals surface area contributed by atoms with Gasteiger partial charge in [0.25, 0.3) is 0 Å². The van der Waals surface area contributed by atoms with E-state index in [2.05, 4.69) is 0 Å². The highest BCUT2D eigenvalue weighted by Gasteiger charge is 2.04. The lowest BCUT2D eigenvalue weighted by molar-refractivity contribution is -0.728. The molecule has 0 atom stereocenters. The van der Waals surface area contributed by atoms with Crippen molar-refractivity contribution < 1.29 is 36.3 Å². The predicted molar refractivity (Wildman–Crippen MR) is 59.0 cm³/mol. The average Bonchev–Trinajstić information content (AvgIpc) is 2.29. The minimum Gasteiger partial charge on any atom is -1.00 e. The van der Waals surface area contributed by atoms with Gasteiger partial charge in [0.05, 0.1) is 6.42 Å². The molecule has 0 fully saturated rings. The van der Waals surface area contributed by atoms with E-state index in [9.17, 15) is 10.2 Å². The summed E-state index contributed by atoms with van der Waals surface area (Å²) in [4.78, 5) is 0. The summed E-state index contributed by atoms with van der Waals surface area (Å²) in [5, 5.41) is 20.4. The summed E-state index contributed by atoms with van der Waals surface area (Å²) in [5.74, 6) is 0.291. The van der Waals surface area contributed by atoms with Crippen LogP contribution in [0.3, 0.4) is 0 Å².